The van der Waals surface area contributed by atoms with E-state index >= 15 is 0 Å². The summed E-state index contributed by atoms with van der Waals surface area (Å²) in [4.78, 5) is 15.9. The number of amides is 1. The van der Waals surface area contributed by atoms with Crippen molar-refractivity contribution in [3.8, 4) is 0 Å². The van der Waals surface area contributed by atoms with Gasteiger partial charge in [-0.2, -0.15) is 0 Å². The minimum Gasteiger partial charge on any atom is -0.423 e. The van der Waals surface area contributed by atoms with E-state index in [1.54, 1.807) is 18.3 Å². The predicted molar refractivity (Wildman–Crippen MR) is 73.2 cm³/mol. The molecule has 0 aliphatic carbocycles. The fraction of sp³-hybridized carbons (Fsp3) is 0.0769. The maximum absolute atomic E-state index is 13.5. The lowest BCUT2D eigenvalue weighted by Crippen LogP contribution is -2.33. The zero-order valence-electron chi connectivity index (χ0n) is 10.7. The zero-order valence-corrected chi connectivity index (χ0v) is 10.7. The summed E-state index contributed by atoms with van der Waals surface area (Å²) in [7, 11) is -1.91. The summed E-state index contributed by atoms with van der Waals surface area (Å²) in [5.74, 6) is -1.02. The number of carbonyl (C=O) groups excluding carboxylic acids is 1. The number of aryl methyl sites for hydroxylation is 1. The van der Waals surface area contributed by atoms with Crippen LogP contribution in [0.1, 0.15) is 15.9 Å². The highest BCUT2D eigenvalue weighted by atomic mass is 19.1. The Balaban J connectivity index is 2.19. The topological polar surface area (TPSA) is 82.5 Å². The van der Waals surface area contributed by atoms with Gasteiger partial charge in [-0.3, -0.25) is 4.79 Å². The van der Waals surface area contributed by atoms with E-state index in [2.05, 4.69) is 10.3 Å². The van der Waals surface area contributed by atoms with Crippen LogP contribution in [0.2, 0.25) is 0 Å². The lowest BCUT2D eigenvalue weighted by molar-refractivity contribution is 0.102. The Kier molecular flexibility index (Phi) is 4.12. The first-order valence-corrected chi connectivity index (χ1v) is 5.87. The minimum absolute atomic E-state index is 0.0650. The average molecular weight is 274 g/mol. The Hall–Kier alpha value is -2.25. The molecule has 1 aromatic heterocycles. The maximum Gasteiger partial charge on any atom is 0.491 e. The van der Waals surface area contributed by atoms with Gasteiger partial charge in [0.25, 0.3) is 5.91 Å². The summed E-state index contributed by atoms with van der Waals surface area (Å²) < 4.78 is 13.5. The summed E-state index contributed by atoms with van der Waals surface area (Å²) in [5.41, 5.74) is 0.714. The molecule has 0 atom stereocenters. The van der Waals surface area contributed by atoms with E-state index in [4.69, 9.17) is 10.0 Å². The van der Waals surface area contributed by atoms with Crippen molar-refractivity contribution in [1.82, 2.24) is 4.98 Å². The molecule has 1 heterocycles. The predicted octanol–water partition coefficient (Wildman–Crippen LogP) is 0.461. The molecule has 0 saturated heterocycles. The molecular weight excluding hydrogens is 262 g/mol. The number of carbonyl (C=O) groups is 1. The lowest BCUT2D eigenvalue weighted by Gasteiger charge is -2.07. The molecule has 0 saturated carbocycles. The quantitative estimate of drug-likeness (QED) is 0.710. The number of aromatic nitrogens is 1. The van der Waals surface area contributed by atoms with Gasteiger partial charge >= 0.3 is 7.12 Å². The summed E-state index contributed by atoms with van der Waals surface area (Å²) in [5, 5.41) is 20.3. The number of hydrogen-bond donors (Lipinski definition) is 3. The summed E-state index contributed by atoms with van der Waals surface area (Å²) in [6.45, 7) is 1.86. The van der Waals surface area contributed by atoms with Crippen molar-refractivity contribution in [3.63, 3.8) is 0 Å². The van der Waals surface area contributed by atoms with E-state index in [1.807, 2.05) is 6.92 Å². The van der Waals surface area contributed by atoms with E-state index in [1.165, 1.54) is 6.07 Å². The van der Waals surface area contributed by atoms with Crippen molar-refractivity contribution in [2.75, 3.05) is 5.32 Å². The van der Waals surface area contributed by atoms with E-state index in [0.29, 0.717) is 5.82 Å². The Morgan fingerprint density at radius 2 is 2.05 bits per heavy atom. The van der Waals surface area contributed by atoms with Crippen molar-refractivity contribution < 1.29 is 19.2 Å². The first-order valence-electron chi connectivity index (χ1n) is 5.87. The smallest absolute Gasteiger partial charge is 0.423 e. The van der Waals surface area contributed by atoms with Gasteiger partial charge in [0.1, 0.15) is 11.6 Å². The molecule has 7 heteroatoms. The van der Waals surface area contributed by atoms with Gasteiger partial charge in [-0.05, 0) is 36.8 Å². The maximum atomic E-state index is 13.5. The van der Waals surface area contributed by atoms with Gasteiger partial charge in [0.05, 0.1) is 0 Å². The third kappa shape index (κ3) is 3.20. The van der Waals surface area contributed by atoms with Crippen LogP contribution in [0.15, 0.2) is 36.5 Å². The van der Waals surface area contributed by atoms with Crippen LogP contribution in [0.5, 0.6) is 0 Å². The number of nitrogens with zero attached hydrogens (tertiary/aromatic N) is 1. The van der Waals surface area contributed by atoms with Crippen LogP contribution in [-0.4, -0.2) is 28.1 Å². The zero-order chi connectivity index (χ0) is 14.7. The number of halogens is 1. The van der Waals surface area contributed by atoms with Crippen LogP contribution in [0, 0.1) is 12.7 Å². The summed E-state index contributed by atoms with van der Waals surface area (Å²) in [6, 6.07) is 6.87. The second-order valence-corrected chi connectivity index (χ2v) is 4.28. The van der Waals surface area contributed by atoms with Crippen LogP contribution >= 0.6 is 0 Å². The van der Waals surface area contributed by atoms with Crippen molar-refractivity contribution in [1.29, 1.82) is 0 Å². The molecule has 5 nitrogen and oxygen atoms in total. The van der Waals surface area contributed by atoms with E-state index in [0.717, 1.165) is 17.7 Å². The molecule has 3 N–H and O–H groups in total. The van der Waals surface area contributed by atoms with Gasteiger partial charge < -0.3 is 15.4 Å². The summed E-state index contributed by atoms with van der Waals surface area (Å²) in [6.07, 6.45) is 1.55. The molecule has 1 aromatic carbocycles. The molecule has 0 fully saturated rings. The molecule has 0 spiro atoms. The molecule has 0 unspecified atom stereocenters. The Morgan fingerprint density at radius 1 is 1.30 bits per heavy atom. The highest BCUT2D eigenvalue weighted by molar-refractivity contribution is 6.58. The number of benzene rings is 1. The largest absolute Gasteiger partial charge is 0.491 e. The monoisotopic (exact) mass is 274 g/mol. The average Bonchev–Trinajstić information content (AvgIpc) is 2.38. The molecular formula is C13H12BFN2O3. The number of hydrogen-bond acceptors (Lipinski definition) is 4. The van der Waals surface area contributed by atoms with Crippen molar-refractivity contribution in [3.05, 3.63) is 53.5 Å². The Labute approximate surface area is 115 Å². The third-order valence-electron chi connectivity index (χ3n) is 2.70. The minimum atomic E-state index is -1.91. The van der Waals surface area contributed by atoms with Gasteiger partial charge in [0.2, 0.25) is 0 Å². The van der Waals surface area contributed by atoms with Crippen molar-refractivity contribution >= 4 is 24.3 Å². The number of pyridine rings is 1. The SMILES string of the molecule is Cc1ccnc(NC(=O)c2ccc(B(O)O)c(F)c2)c1. The molecule has 20 heavy (non-hydrogen) atoms. The molecule has 0 bridgehead atoms. The number of rotatable bonds is 3. The van der Waals surface area contributed by atoms with Crippen molar-refractivity contribution in [2.24, 2.45) is 0 Å². The third-order valence-corrected chi connectivity index (χ3v) is 2.70. The second-order valence-electron chi connectivity index (χ2n) is 4.28. The molecule has 2 aromatic rings. The van der Waals surface area contributed by atoms with Crippen LogP contribution in [0.4, 0.5) is 10.2 Å². The molecule has 0 aliphatic rings. The second kappa shape index (κ2) is 5.81. The Morgan fingerprint density at radius 3 is 2.65 bits per heavy atom. The van der Waals surface area contributed by atoms with Gasteiger partial charge in [0, 0.05) is 17.2 Å². The van der Waals surface area contributed by atoms with Crippen molar-refractivity contribution in [2.45, 2.75) is 6.92 Å². The molecule has 0 aliphatic heterocycles. The number of anilines is 1. The molecule has 102 valence electrons. The highest BCUT2D eigenvalue weighted by Gasteiger charge is 2.18. The fourth-order valence-electron chi connectivity index (χ4n) is 1.67. The van der Waals surface area contributed by atoms with Gasteiger partial charge in [-0.25, -0.2) is 9.37 Å². The lowest BCUT2D eigenvalue weighted by atomic mass is 9.79. The van der Waals surface area contributed by atoms with E-state index in [9.17, 15) is 9.18 Å². The first kappa shape index (κ1) is 14.2. The standard InChI is InChI=1S/C13H12BFN2O3/c1-8-4-5-16-12(6-8)17-13(18)9-2-3-10(14(19)20)11(15)7-9/h2-7,19-20H,1H3,(H,16,17,18). The van der Waals surface area contributed by atoms with E-state index in [-0.39, 0.29) is 11.0 Å². The van der Waals surface area contributed by atoms with Crippen LogP contribution in [-0.2, 0) is 0 Å². The summed E-state index contributed by atoms with van der Waals surface area (Å²) >= 11 is 0. The fourth-order valence-corrected chi connectivity index (χ4v) is 1.67. The van der Waals surface area contributed by atoms with Gasteiger partial charge in [-0.15, -0.1) is 0 Å². The van der Waals surface area contributed by atoms with Crippen LogP contribution < -0.4 is 10.8 Å². The number of nitrogens with one attached hydrogen (secondary N) is 1. The highest BCUT2D eigenvalue weighted by Crippen LogP contribution is 2.09. The first-order chi connectivity index (χ1) is 9.47. The molecule has 0 radical (unpaired) electrons. The van der Waals surface area contributed by atoms with Crippen LogP contribution in [0.25, 0.3) is 0 Å². The normalized spacial score (nSPS) is 10.2. The van der Waals surface area contributed by atoms with E-state index < -0.39 is 18.8 Å². The molecule has 1 amide bonds. The Bertz CT molecular complexity index is 649. The molecule has 2 rings (SSSR count). The van der Waals surface area contributed by atoms with Gasteiger partial charge in [-0.1, -0.05) is 6.07 Å². The van der Waals surface area contributed by atoms with Gasteiger partial charge in [0.15, 0.2) is 0 Å². The van der Waals surface area contributed by atoms with Crippen LogP contribution in [0.3, 0.4) is 0 Å².